The summed E-state index contributed by atoms with van der Waals surface area (Å²) in [5, 5.41) is 0. The standard InChI is InChI=1S/C25H27NO2/c1-27-21-9-5-8-20-22(21)28-23-19-10-12-24(13-11-19)17-26(15-14-25(20,23)24)16-18-6-3-2-4-7-18/h2-10,12,19,23H,11,13-17H2,1H3. The highest BCUT2D eigenvalue weighted by molar-refractivity contribution is 5.58. The summed E-state index contributed by atoms with van der Waals surface area (Å²) in [6, 6.07) is 17.4. The molecule has 28 heavy (non-hydrogen) atoms. The van der Waals surface area contributed by atoms with Crippen LogP contribution in [0.1, 0.15) is 30.4 Å². The van der Waals surface area contributed by atoms with Gasteiger partial charge in [0.25, 0.3) is 0 Å². The van der Waals surface area contributed by atoms with E-state index in [9.17, 15) is 0 Å². The van der Waals surface area contributed by atoms with E-state index in [1.165, 1.54) is 24.0 Å². The van der Waals surface area contributed by atoms with Gasteiger partial charge in [0.15, 0.2) is 11.5 Å². The molecule has 144 valence electrons. The molecule has 2 heterocycles. The third-order valence-electron chi connectivity index (χ3n) is 7.85. The van der Waals surface area contributed by atoms with Gasteiger partial charge in [-0.05, 0) is 37.4 Å². The number of likely N-dealkylation sites (tertiary alicyclic amines) is 1. The van der Waals surface area contributed by atoms with Crippen LogP contribution in [-0.2, 0) is 12.0 Å². The van der Waals surface area contributed by atoms with Crippen molar-refractivity contribution in [1.29, 1.82) is 0 Å². The normalized spacial score (nSPS) is 35.0. The number of ether oxygens (including phenoxy) is 2. The van der Waals surface area contributed by atoms with Crippen molar-refractivity contribution in [3.63, 3.8) is 0 Å². The molecule has 3 nitrogen and oxygen atoms in total. The summed E-state index contributed by atoms with van der Waals surface area (Å²) in [7, 11) is 1.75. The Kier molecular flexibility index (Phi) is 3.49. The topological polar surface area (TPSA) is 21.7 Å². The van der Waals surface area contributed by atoms with E-state index in [2.05, 4.69) is 59.5 Å². The van der Waals surface area contributed by atoms with Crippen LogP contribution in [0.2, 0.25) is 0 Å². The van der Waals surface area contributed by atoms with E-state index in [1.807, 2.05) is 6.07 Å². The zero-order valence-electron chi connectivity index (χ0n) is 16.4. The van der Waals surface area contributed by atoms with Gasteiger partial charge in [-0.3, -0.25) is 4.90 Å². The van der Waals surface area contributed by atoms with Crippen molar-refractivity contribution in [1.82, 2.24) is 4.90 Å². The van der Waals surface area contributed by atoms with E-state index in [1.54, 1.807) is 7.11 Å². The number of hydrogen-bond donors (Lipinski definition) is 0. The van der Waals surface area contributed by atoms with Crippen LogP contribution in [0.5, 0.6) is 11.5 Å². The second kappa shape index (κ2) is 5.87. The minimum atomic E-state index is 0.0989. The highest BCUT2D eigenvalue weighted by Crippen LogP contribution is 2.67. The second-order valence-corrected chi connectivity index (χ2v) is 9.01. The molecule has 2 spiro atoms. The number of benzene rings is 2. The lowest BCUT2D eigenvalue weighted by Crippen LogP contribution is -2.66. The Hall–Kier alpha value is -2.26. The number of rotatable bonds is 3. The lowest BCUT2D eigenvalue weighted by atomic mass is 9.45. The van der Waals surface area contributed by atoms with Crippen LogP contribution < -0.4 is 9.47 Å². The van der Waals surface area contributed by atoms with Gasteiger partial charge >= 0.3 is 0 Å². The first-order valence-electron chi connectivity index (χ1n) is 10.6. The van der Waals surface area contributed by atoms with Gasteiger partial charge in [0, 0.05) is 35.4 Å². The van der Waals surface area contributed by atoms with E-state index in [0.29, 0.717) is 5.92 Å². The molecule has 0 amide bonds. The van der Waals surface area contributed by atoms with Gasteiger partial charge < -0.3 is 9.47 Å². The minimum Gasteiger partial charge on any atom is -0.493 e. The molecule has 4 unspecified atom stereocenters. The SMILES string of the molecule is COc1cccc2c1OC1C3C=CC4(CC3)CN(Cc3ccccc3)CCC214. The summed E-state index contributed by atoms with van der Waals surface area (Å²) in [6.07, 6.45) is 8.93. The van der Waals surface area contributed by atoms with Crippen molar-refractivity contribution < 1.29 is 9.47 Å². The number of para-hydroxylation sites is 1. The van der Waals surface area contributed by atoms with Crippen LogP contribution >= 0.6 is 0 Å². The van der Waals surface area contributed by atoms with E-state index < -0.39 is 0 Å². The van der Waals surface area contributed by atoms with Crippen molar-refractivity contribution in [3.05, 3.63) is 71.8 Å². The van der Waals surface area contributed by atoms with Gasteiger partial charge in [-0.25, -0.2) is 0 Å². The van der Waals surface area contributed by atoms with Crippen molar-refractivity contribution in [2.75, 3.05) is 20.2 Å². The molecule has 7 rings (SSSR count). The molecule has 2 fully saturated rings. The lowest BCUT2D eigenvalue weighted by molar-refractivity contribution is -0.0809. The Balaban J connectivity index is 1.42. The molecule has 3 heteroatoms. The van der Waals surface area contributed by atoms with Gasteiger partial charge in [0.05, 0.1) is 7.11 Å². The van der Waals surface area contributed by atoms with Crippen molar-refractivity contribution in [3.8, 4) is 11.5 Å². The molecule has 3 aliphatic carbocycles. The fraction of sp³-hybridized carbons (Fsp3) is 0.440. The number of nitrogens with zero attached hydrogens (tertiary/aromatic N) is 1. The van der Waals surface area contributed by atoms with Gasteiger partial charge in [0.1, 0.15) is 6.10 Å². The van der Waals surface area contributed by atoms with Crippen molar-refractivity contribution >= 4 is 0 Å². The quantitative estimate of drug-likeness (QED) is 0.736. The van der Waals surface area contributed by atoms with Crippen LogP contribution in [0.3, 0.4) is 0 Å². The zero-order chi connectivity index (χ0) is 18.8. The Morgan fingerprint density at radius 1 is 1.11 bits per heavy atom. The summed E-state index contributed by atoms with van der Waals surface area (Å²) >= 11 is 0. The number of hydrogen-bond acceptors (Lipinski definition) is 3. The summed E-state index contributed by atoms with van der Waals surface area (Å²) in [5.41, 5.74) is 3.06. The number of piperidine rings is 1. The highest BCUT2D eigenvalue weighted by Gasteiger charge is 2.68. The molecule has 2 aromatic carbocycles. The van der Waals surface area contributed by atoms with E-state index in [0.717, 1.165) is 37.6 Å². The maximum Gasteiger partial charge on any atom is 0.165 e. The second-order valence-electron chi connectivity index (χ2n) is 9.01. The molecule has 4 atom stereocenters. The largest absolute Gasteiger partial charge is 0.493 e. The molecule has 0 N–H and O–H groups in total. The first-order valence-corrected chi connectivity index (χ1v) is 10.6. The molecule has 2 aliphatic heterocycles. The van der Waals surface area contributed by atoms with E-state index in [-0.39, 0.29) is 16.9 Å². The Morgan fingerprint density at radius 3 is 2.79 bits per heavy atom. The Morgan fingerprint density at radius 2 is 2.00 bits per heavy atom. The molecular weight excluding hydrogens is 346 g/mol. The maximum absolute atomic E-state index is 6.68. The summed E-state index contributed by atoms with van der Waals surface area (Å²) in [6.45, 7) is 3.27. The monoisotopic (exact) mass is 373 g/mol. The Labute approximate surface area is 167 Å². The van der Waals surface area contributed by atoms with Crippen LogP contribution in [0, 0.1) is 11.3 Å². The predicted octanol–water partition coefficient (Wildman–Crippen LogP) is 4.57. The fourth-order valence-electron chi connectivity index (χ4n) is 6.66. The molecule has 2 bridgehead atoms. The minimum absolute atomic E-state index is 0.0989. The summed E-state index contributed by atoms with van der Waals surface area (Å²) < 4.78 is 12.4. The average molecular weight is 373 g/mol. The van der Waals surface area contributed by atoms with Gasteiger partial charge in [-0.15, -0.1) is 0 Å². The van der Waals surface area contributed by atoms with Crippen molar-refractivity contribution in [2.24, 2.45) is 11.3 Å². The van der Waals surface area contributed by atoms with E-state index in [4.69, 9.17) is 9.47 Å². The third-order valence-corrected chi connectivity index (χ3v) is 7.85. The van der Waals surface area contributed by atoms with Crippen LogP contribution in [0.4, 0.5) is 0 Å². The summed E-state index contributed by atoms with van der Waals surface area (Å²) in [4.78, 5) is 2.66. The predicted molar refractivity (Wildman–Crippen MR) is 110 cm³/mol. The van der Waals surface area contributed by atoms with Crippen LogP contribution in [-0.4, -0.2) is 31.2 Å². The third kappa shape index (κ3) is 2.03. The molecule has 5 aliphatic rings. The van der Waals surface area contributed by atoms with Gasteiger partial charge in [-0.1, -0.05) is 54.6 Å². The first kappa shape index (κ1) is 16.7. The molecule has 1 saturated carbocycles. The van der Waals surface area contributed by atoms with E-state index >= 15 is 0 Å². The number of methoxy groups -OCH3 is 1. The maximum atomic E-state index is 6.68. The van der Waals surface area contributed by atoms with Gasteiger partial charge in [-0.2, -0.15) is 0 Å². The molecular formula is C25H27NO2. The average Bonchev–Trinajstić information content (AvgIpc) is 3.11. The number of fused-ring (bicyclic) bond motifs is 2. The molecule has 0 radical (unpaired) electrons. The molecule has 0 aromatic heterocycles. The fourth-order valence-corrected chi connectivity index (χ4v) is 6.66. The van der Waals surface area contributed by atoms with Crippen LogP contribution in [0.15, 0.2) is 60.7 Å². The first-order chi connectivity index (χ1) is 13.8. The zero-order valence-corrected chi connectivity index (χ0v) is 16.4. The smallest absolute Gasteiger partial charge is 0.165 e. The lowest BCUT2D eigenvalue weighted by Gasteiger charge is -2.62. The highest BCUT2D eigenvalue weighted by atomic mass is 16.5. The van der Waals surface area contributed by atoms with Crippen LogP contribution in [0.25, 0.3) is 0 Å². The van der Waals surface area contributed by atoms with Gasteiger partial charge in [0.2, 0.25) is 0 Å². The molecule has 2 aromatic rings. The van der Waals surface area contributed by atoms with Crippen molar-refractivity contribution in [2.45, 2.75) is 37.3 Å². The summed E-state index contributed by atoms with van der Waals surface area (Å²) in [5.74, 6) is 2.42. The molecule has 1 saturated heterocycles. The Bertz CT molecular complexity index is 939.